The van der Waals surface area contributed by atoms with E-state index in [4.69, 9.17) is 0 Å². The number of thiazole rings is 2. The van der Waals surface area contributed by atoms with E-state index in [9.17, 15) is 0 Å². The predicted molar refractivity (Wildman–Crippen MR) is 68.3 cm³/mol. The highest BCUT2D eigenvalue weighted by Crippen LogP contribution is 2.32. The van der Waals surface area contributed by atoms with E-state index in [0.29, 0.717) is 11.3 Å². The van der Waals surface area contributed by atoms with Crippen LogP contribution in [0, 0.1) is 5.51 Å². The van der Waals surface area contributed by atoms with Crippen LogP contribution in [0.25, 0.3) is 32.0 Å². The molecule has 0 N–H and O–H groups in total. The third-order valence-corrected chi connectivity index (χ3v) is 4.08. The first-order valence-corrected chi connectivity index (χ1v) is 6.66. The summed E-state index contributed by atoms with van der Waals surface area (Å²) in [4.78, 5) is 16.7. The molecule has 0 saturated heterocycles. The molecule has 0 unspecified atom stereocenters. The molecule has 0 saturated carbocycles. The fourth-order valence-corrected chi connectivity index (χ4v) is 3.11. The third-order valence-electron chi connectivity index (χ3n) is 2.47. The van der Waals surface area contributed by atoms with Gasteiger partial charge in [0.15, 0.2) is 16.8 Å². The topological polar surface area (TPSA) is 77.3 Å². The van der Waals surface area contributed by atoms with Gasteiger partial charge in [0.25, 0.3) is 0 Å². The molecule has 4 rings (SSSR count). The van der Waals surface area contributed by atoms with Crippen LogP contribution in [0.4, 0.5) is 0 Å². The minimum absolute atomic E-state index is 0.591. The molecule has 0 amide bonds. The molecule has 0 spiro atoms. The van der Waals surface area contributed by atoms with E-state index in [1.54, 1.807) is 11.7 Å². The Labute approximate surface area is 108 Å². The van der Waals surface area contributed by atoms with E-state index in [-0.39, 0.29) is 0 Å². The van der Waals surface area contributed by atoms with Crippen molar-refractivity contribution in [2.75, 3.05) is 0 Å². The molecule has 6 nitrogen and oxygen atoms in total. The van der Waals surface area contributed by atoms with Crippen molar-refractivity contribution in [3.63, 3.8) is 0 Å². The second-order valence-electron chi connectivity index (χ2n) is 3.44. The van der Waals surface area contributed by atoms with Gasteiger partial charge in [-0.05, 0) is 0 Å². The lowest BCUT2D eigenvalue weighted by atomic mass is 10.2. The van der Waals surface area contributed by atoms with Crippen LogP contribution in [-0.2, 0) is 0 Å². The van der Waals surface area contributed by atoms with Gasteiger partial charge in [0, 0.05) is 5.56 Å². The predicted octanol–water partition coefficient (Wildman–Crippen LogP) is 1.95. The van der Waals surface area contributed by atoms with Crippen molar-refractivity contribution in [2.24, 2.45) is 0 Å². The molecule has 85 valence electrons. The monoisotopic (exact) mass is 271 g/mol. The molecule has 8 heteroatoms. The summed E-state index contributed by atoms with van der Waals surface area (Å²) in [5.41, 5.74) is 7.59. The molecule has 0 aliphatic rings. The molecule has 0 aliphatic carbocycles. The Morgan fingerprint density at radius 1 is 1.06 bits per heavy atom. The van der Waals surface area contributed by atoms with Gasteiger partial charge >= 0.3 is 0 Å². The number of aromatic nitrogens is 6. The normalized spacial score (nSPS) is 11.3. The number of hydrogen-bond acceptors (Lipinski definition) is 8. The van der Waals surface area contributed by atoms with Crippen LogP contribution in [0.3, 0.4) is 0 Å². The van der Waals surface area contributed by atoms with Gasteiger partial charge < -0.3 is 0 Å². The van der Waals surface area contributed by atoms with Crippen molar-refractivity contribution in [3.05, 3.63) is 23.5 Å². The summed E-state index contributed by atoms with van der Waals surface area (Å²) in [6, 6.07) is 0. The minimum atomic E-state index is 0.591. The maximum atomic E-state index is 4.34. The van der Waals surface area contributed by atoms with Gasteiger partial charge in [-0.3, -0.25) is 0 Å². The molecular formula is C10H3N6S2. The minimum Gasteiger partial charge on any atom is -0.235 e. The average Bonchev–Trinajstić information content (AvgIpc) is 3.06. The number of fused-ring (bicyclic) bond motifs is 2. The van der Waals surface area contributed by atoms with Crippen molar-refractivity contribution >= 4 is 43.4 Å². The Morgan fingerprint density at radius 2 is 2.06 bits per heavy atom. The molecule has 0 fully saturated rings. The summed E-state index contributed by atoms with van der Waals surface area (Å²) in [5, 5.41) is 7.91. The van der Waals surface area contributed by atoms with Crippen molar-refractivity contribution < 1.29 is 0 Å². The van der Waals surface area contributed by atoms with Gasteiger partial charge in [-0.15, -0.1) is 27.8 Å². The van der Waals surface area contributed by atoms with Gasteiger partial charge in [-0.2, -0.15) is 5.10 Å². The maximum Gasteiger partial charge on any atom is 0.194 e. The van der Waals surface area contributed by atoms with E-state index < -0.39 is 0 Å². The van der Waals surface area contributed by atoms with Gasteiger partial charge in [-0.25, -0.2) is 19.9 Å². The summed E-state index contributed by atoms with van der Waals surface area (Å²) >= 11 is 2.91. The van der Waals surface area contributed by atoms with Crippen molar-refractivity contribution in [3.8, 4) is 11.3 Å². The quantitative estimate of drug-likeness (QED) is 0.526. The van der Waals surface area contributed by atoms with Gasteiger partial charge in [-0.1, -0.05) is 0 Å². The van der Waals surface area contributed by atoms with Gasteiger partial charge in [0.05, 0.1) is 26.8 Å². The van der Waals surface area contributed by atoms with E-state index >= 15 is 0 Å². The first-order valence-electron chi connectivity index (χ1n) is 4.96. The highest BCUT2D eigenvalue weighted by Gasteiger charge is 2.14. The van der Waals surface area contributed by atoms with Crippen LogP contribution >= 0.6 is 22.7 Å². The van der Waals surface area contributed by atoms with E-state index in [0.717, 1.165) is 20.7 Å². The number of rotatable bonds is 1. The molecular weight excluding hydrogens is 268 g/mol. The number of hydrogen-bond donors (Lipinski definition) is 0. The van der Waals surface area contributed by atoms with E-state index in [2.05, 4.69) is 35.6 Å². The average molecular weight is 271 g/mol. The van der Waals surface area contributed by atoms with Crippen LogP contribution in [0.15, 0.2) is 18.0 Å². The molecule has 18 heavy (non-hydrogen) atoms. The SMILES string of the molecule is [c]1nc2nncc(-c3ncnc4ncsc34)c2s1. The summed E-state index contributed by atoms with van der Waals surface area (Å²) in [7, 11) is 0. The lowest BCUT2D eigenvalue weighted by molar-refractivity contribution is 1.06. The highest BCUT2D eigenvalue weighted by atomic mass is 32.1. The molecule has 0 atom stereocenters. The fraction of sp³-hybridized carbons (Fsp3) is 0. The van der Waals surface area contributed by atoms with Crippen LogP contribution < -0.4 is 0 Å². The van der Waals surface area contributed by atoms with Gasteiger partial charge in [0.2, 0.25) is 0 Å². The zero-order valence-corrected chi connectivity index (χ0v) is 10.4. The van der Waals surface area contributed by atoms with Crippen molar-refractivity contribution in [1.82, 2.24) is 30.1 Å². The Hall–Kier alpha value is -2.06. The molecule has 1 radical (unpaired) electrons. The fourth-order valence-electron chi connectivity index (χ4n) is 1.71. The van der Waals surface area contributed by atoms with Crippen LogP contribution in [-0.4, -0.2) is 30.1 Å². The zero-order valence-electron chi connectivity index (χ0n) is 8.73. The zero-order chi connectivity index (χ0) is 11.9. The first-order chi connectivity index (χ1) is 8.93. The Kier molecular flexibility index (Phi) is 2.05. The molecule has 4 aromatic heterocycles. The molecule has 0 aliphatic heterocycles. The molecule has 0 aromatic carbocycles. The highest BCUT2D eigenvalue weighted by molar-refractivity contribution is 7.18. The Bertz CT molecular complexity index is 779. The largest absolute Gasteiger partial charge is 0.235 e. The smallest absolute Gasteiger partial charge is 0.194 e. The molecule has 0 bridgehead atoms. The van der Waals surface area contributed by atoms with Crippen molar-refractivity contribution in [1.29, 1.82) is 0 Å². The van der Waals surface area contributed by atoms with Crippen LogP contribution in [0.5, 0.6) is 0 Å². The molecule has 4 heterocycles. The third kappa shape index (κ3) is 1.33. The standard InChI is InChI=1S/C10H3N6S2/c1-5(7-10(16-15-1)14-4-17-7)6-8-9(12-2-11-6)13-3-18-8/h1-3H. The first kappa shape index (κ1) is 9.92. The lowest BCUT2D eigenvalue weighted by Crippen LogP contribution is -1.90. The summed E-state index contributed by atoms with van der Waals surface area (Å²) in [5.74, 6) is 0. The summed E-state index contributed by atoms with van der Waals surface area (Å²) < 4.78 is 1.87. The second-order valence-corrected chi connectivity index (χ2v) is 5.09. The van der Waals surface area contributed by atoms with E-state index in [1.165, 1.54) is 29.0 Å². The Morgan fingerprint density at radius 3 is 3.06 bits per heavy atom. The van der Waals surface area contributed by atoms with Crippen molar-refractivity contribution in [2.45, 2.75) is 0 Å². The maximum absolute atomic E-state index is 4.34. The lowest BCUT2D eigenvalue weighted by Gasteiger charge is -2.00. The Balaban J connectivity index is 2.13. The van der Waals surface area contributed by atoms with Gasteiger partial charge in [0.1, 0.15) is 6.33 Å². The summed E-state index contributed by atoms with van der Waals surface area (Å²) in [6.07, 6.45) is 3.20. The molecule has 4 aromatic rings. The van der Waals surface area contributed by atoms with E-state index in [1.807, 2.05) is 0 Å². The summed E-state index contributed by atoms with van der Waals surface area (Å²) in [6.45, 7) is 0. The second kappa shape index (κ2) is 3.72. The number of nitrogens with zero attached hydrogens (tertiary/aromatic N) is 6. The van der Waals surface area contributed by atoms with Crippen LogP contribution in [0.2, 0.25) is 0 Å². The van der Waals surface area contributed by atoms with Crippen LogP contribution in [0.1, 0.15) is 0 Å².